The van der Waals surface area contributed by atoms with Crippen molar-refractivity contribution in [3.05, 3.63) is 24.3 Å². The largest absolute Gasteiger partial charge is 0.472 e. The molecule has 0 saturated carbocycles. The topological polar surface area (TPSA) is 237 Å². The number of hydrogen-bond acceptors (Lipinski definition) is 15. The van der Waals surface area contributed by atoms with Crippen molar-refractivity contribution in [3.63, 3.8) is 0 Å². The van der Waals surface area contributed by atoms with Crippen LogP contribution in [-0.4, -0.2) is 96.7 Å². The molecule has 4 unspecified atom stereocenters. The van der Waals surface area contributed by atoms with Crippen molar-refractivity contribution in [1.29, 1.82) is 0 Å². The summed E-state index contributed by atoms with van der Waals surface area (Å²) >= 11 is 0. The Hall–Kier alpha value is -2.46. The van der Waals surface area contributed by atoms with Crippen LogP contribution in [0.15, 0.2) is 24.3 Å². The maximum absolute atomic E-state index is 13.1. The molecule has 97 heavy (non-hydrogen) atoms. The van der Waals surface area contributed by atoms with Crippen molar-refractivity contribution >= 4 is 39.5 Å². The number of phosphoric acid groups is 2. The van der Waals surface area contributed by atoms with Crippen LogP contribution in [0, 0.1) is 17.8 Å². The van der Waals surface area contributed by atoms with E-state index in [1.54, 1.807) is 0 Å². The molecule has 0 fully saturated rings. The van der Waals surface area contributed by atoms with E-state index in [9.17, 15) is 43.2 Å². The summed E-state index contributed by atoms with van der Waals surface area (Å²) in [5.41, 5.74) is 0. The summed E-state index contributed by atoms with van der Waals surface area (Å²) in [6.45, 7) is 11.8. The summed E-state index contributed by atoms with van der Waals surface area (Å²) in [4.78, 5) is 72.8. The summed E-state index contributed by atoms with van der Waals surface area (Å²) in [6, 6.07) is 0. The molecule has 0 aromatic carbocycles. The summed E-state index contributed by atoms with van der Waals surface area (Å²) in [6.07, 6.45) is 57.9. The zero-order chi connectivity index (χ0) is 71.6. The lowest BCUT2D eigenvalue weighted by Gasteiger charge is -2.21. The van der Waals surface area contributed by atoms with Gasteiger partial charge in [0.1, 0.15) is 19.3 Å². The van der Waals surface area contributed by atoms with Gasteiger partial charge in [-0.2, -0.15) is 0 Å². The third-order valence-electron chi connectivity index (χ3n) is 17.9. The summed E-state index contributed by atoms with van der Waals surface area (Å²) < 4.78 is 68.5. The van der Waals surface area contributed by atoms with Crippen LogP contribution in [0.5, 0.6) is 0 Å². The zero-order valence-corrected chi connectivity index (χ0v) is 64.8. The minimum Gasteiger partial charge on any atom is -0.462 e. The number of aliphatic hydroxyl groups excluding tert-OH is 1. The summed E-state index contributed by atoms with van der Waals surface area (Å²) in [5, 5.41) is 10.6. The van der Waals surface area contributed by atoms with Crippen LogP contribution in [0.3, 0.4) is 0 Å². The lowest BCUT2D eigenvalue weighted by molar-refractivity contribution is -0.161. The van der Waals surface area contributed by atoms with Crippen LogP contribution in [0.2, 0.25) is 0 Å². The first-order valence-corrected chi connectivity index (χ1v) is 42.7. The van der Waals surface area contributed by atoms with Gasteiger partial charge in [-0.15, -0.1) is 0 Å². The average Bonchev–Trinajstić information content (AvgIpc) is 1.05. The molecule has 3 N–H and O–H groups in total. The highest BCUT2D eigenvalue weighted by atomic mass is 31.2. The Bertz CT molecular complexity index is 1980. The SMILES string of the molecule is CCCCCC/C=C\C=C/CCCCCCCC(=O)OC[C@H](COP(=O)(O)OCC(O)COP(=O)(O)OC[C@@H](COC(=O)CCCCCCCCCCC(C)C)OC(=O)CCCCCCCCC(C)CC)OC(=O)CCCCCCCCCCCCCCCCCCCCC(C)C. The van der Waals surface area contributed by atoms with E-state index in [4.69, 9.17) is 37.0 Å². The second kappa shape index (κ2) is 68.0. The van der Waals surface area contributed by atoms with Gasteiger partial charge in [0, 0.05) is 25.7 Å². The molecule has 0 saturated heterocycles. The van der Waals surface area contributed by atoms with Gasteiger partial charge in [-0.05, 0) is 69.1 Å². The van der Waals surface area contributed by atoms with Crippen LogP contribution in [0.25, 0.3) is 0 Å². The van der Waals surface area contributed by atoms with Crippen molar-refractivity contribution in [2.75, 3.05) is 39.6 Å². The number of phosphoric ester groups is 2. The van der Waals surface area contributed by atoms with Gasteiger partial charge in [0.05, 0.1) is 26.4 Å². The highest BCUT2D eigenvalue weighted by Gasteiger charge is 2.30. The molecule has 17 nitrogen and oxygen atoms in total. The first kappa shape index (κ1) is 94.5. The molecule has 0 aliphatic carbocycles. The van der Waals surface area contributed by atoms with Gasteiger partial charge in [-0.25, -0.2) is 9.13 Å². The average molecular weight is 1420 g/mol. The minimum absolute atomic E-state index is 0.100. The van der Waals surface area contributed by atoms with Crippen LogP contribution in [0.1, 0.15) is 376 Å². The molecular formula is C78H148O17P2. The van der Waals surface area contributed by atoms with Crippen molar-refractivity contribution in [1.82, 2.24) is 0 Å². The number of carbonyl (C=O) groups is 4. The number of ether oxygens (including phenoxy) is 4. The quantitative estimate of drug-likeness (QED) is 0.0169. The zero-order valence-electron chi connectivity index (χ0n) is 63.0. The fourth-order valence-corrected chi connectivity index (χ4v) is 13.0. The Kier molecular flexibility index (Phi) is 66.3. The second-order valence-electron chi connectivity index (χ2n) is 28.6. The van der Waals surface area contributed by atoms with E-state index >= 15 is 0 Å². The van der Waals surface area contributed by atoms with Crippen LogP contribution in [0.4, 0.5) is 0 Å². The molecule has 0 spiro atoms. The van der Waals surface area contributed by atoms with Crippen LogP contribution in [-0.2, 0) is 65.4 Å². The minimum atomic E-state index is -4.97. The Morgan fingerprint density at radius 2 is 0.608 bits per heavy atom. The summed E-state index contributed by atoms with van der Waals surface area (Å²) in [5.74, 6) is 0.112. The lowest BCUT2D eigenvalue weighted by atomic mass is 10.00. The molecule has 0 heterocycles. The molecule has 0 rings (SSSR count). The number of unbranched alkanes of at least 4 members (excludes halogenated alkanes) is 38. The number of rotatable bonds is 74. The van der Waals surface area contributed by atoms with Crippen molar-refractivity contribution < 1.29 is 80.2 Å². The molecule has 19 heteroatoms. The third-order valence-corrected chi connectivity index (χ3v) is 19.8. The predicted molar refractivity (Wildman–Crippen MR) is 395 cm³/mol. The molecular weight excluding hydrogens is 1270 g/mol. The Morgan fingerprint density at radius 1 is 0.340 bits per heavy atom. The number of hydrogen-bond donors (Lipinski definition) is 3. The van der Waals surface area contributed by atoms with Crippen LogP contribution >= 0.6 is 15.6 Å². The molecule has 6 atom stereocenters. The van der Waals surface area contributed by atoms with Gasteiger partial charge in [-0.3, -0.25) is 37.3 Å². The Balaban J connectivity index is 5.24. The Labute approximate surface area is 592 Å². The fourth-order valence-electron chi connectivity index (χ4n) is 11.4. The number of esters is 4. The smallest absolute Gasteiger partial charge is 0.462 e. The monoisotopic (exact) mass is 1420 g/mol. The number of allylic oxidation sites excluding steroid dienone is 4. The first-order valence-electron chi connectivity index (χ1n) is 39.7. The van der Waals surface area contributed by atoms with E-state index in [0.29, 0.717) is 25.7 Å². The molecule has 572 valence electrons. The van der Waals surface area contributed by atoms with E-state index in [1.165, 1.54) is 167 Å². The van der Waals surface area contributed by atoms with E-state index < -0.39 is 97.5 Å². The van der Waals surface area contributed by atoms with Crippen LogP contribution < -0.4 is 0 Å². The van der Waals surface area contributed by atoms with Gasteiger partial charge in [0.15, 0.2) is 12.2 Å². The van der Waals surface area contributed by atoms with Gasteiger partial charge >= 0.3 is 39.5 Å². The van der Waals surface area contributed by atoms with Gasteiger partial charge in [0.25, 0.3) is 0 Å². The predicted octanol–water partition coefficient (Wildman–Crippen LogP) is 22.5. The highest BCUT2D eigenvalue weighted by Crippen LogP contribution is 2.45. The van der Waals surface area contributed by atoms with E-state index in [-0.39, 0.29) is 25.7 Å². The van der Waals surface area contributed by atoms with Gasteiger partial charge < -0.3 is 33.8 Å². The molecule has 0 aromatic rings. The fraction of sp³-hybridized carbons (Fsp3) is 0.897. The Morgan fingerprint density at radius 3 is 0.918 bits per heavy atom. The second-order valence-corrected chi connectivity index (χ2v) is 31.5. The lowest BCUT2D eigenvalue weighted by Crippen LogP contribution is -2.30. The van der Waals surface area contributed by atoms with E-state index in [1.807, 2.05) is 0 Å². The summed E-state index contributed by atoms with van der Waals surface area (Å²) in [7, 11) is -9.93. The van der Waals surface area contributed by atoms with E-state index in [2.05, 4.69) is 72.8 Å². The molecule has 0 amide bonds. The molecule has 0 aliphatic rings. The maximum Gasteiger partial charge on any atom is 0.472 e. The number of aliphatic hydroxyl groups is 1. The standard InChI is InChI=1S/C78H148O17P2/c1-8-10-11-12-13-14-15-16-21-25-28-31-37-45-52-59-75(80)88-65-73(94-77(82)61-54-47-39-32-29-26-23-20-18-17-19-22-24-27-30-35-42-49-56-69(3)4)67-92-96(84,85)90-63-72(79)64-91-97(86,87)93-68-74(95-78(83)62-55-48-41-40-44-51-58-71(7)9-2)66-89-76(81)60-53-46-38-34-33-36-43-50-57-70(5)6/h14-16,21,69-74,79H,8-13,17-20,22-68H2,1-7H3,(H,84,85)(H,86,87)/b15-14-,21-16-/t71?,72?,73-,74-/m1/s1. The van der Waals surface area contributed by atoms with E-state index in [0.717, 1.165) is 127 Å². The van der Waals surface area contributed by atoms with Crippen molar-refractivity contribution in [2.45, 2.75) is 394 Å². The van der Waals surface area contributed by atoms with Gasteiger partial charge in [0.2, 0.25) is 0 Å². The van der Waals surface area contributed by atoms with Crippen molar-refractivity contribution in [3.8, 4) is 0 Å². The normalized spacial score (nSPS) is 14.5. The highest BCUT2D eigenvalue weighted by molar-refractivity contribution is 7.47. The first-order chi connectivity index (χ1) is 46.8. The molecule has 0 aliphatic heterocycles. The maximum atomic E-state index is 13.1. The van der Waals surface area contributed by atoms with Gasteiger partial charge in [-0.1, -0.05) is 323 Å². The molecule has 0 bridgehead atoms. The third kappa shape index (κ3) is 70.4. The number of carbonyl (C=O) groups excluding carboxylic acids is 4. The molecule has 0 radical (unpaired) electrons. The molecule has 0 aromatic heterocycles. The van der Waals surface area contributed by atoms with Crippen molar-refractivity contribution in [2.24, 2.45) is 17.8 Å².